The third-order valence-corrected chi connectivity index (χ3v) is 4.84. The molecule has 0 saturated carbocycles. The minimum atomic E-state index is 0.0693. The molecular weight excluding hydrogens is 280 g/mol. The smallest absolute Gasteiger partial charge is 0.241 e. The maximum atomic E-state index is 12.6. The van der Waals surface area contributed by atoms with Gasteiger partial charge in [0.15, 0.2) is 0 Å². The lowest BCUT2D eigenvalue weighted by molar-refractivity contribution is -0.130. The molecule has 1 amide bonds. The van der Waals surface area contributed by atoms with E-state index in [1.807, 2.05) is 11.8 Å². The molecule has 0 aromatic rings. The topological polar surface area (TPSA) is 32.3 Å². The third-order valence-electron chi connectivity index (χ3n) is 4.14. The van der Waals surface area contributed by atoms with E-state index in [9.17, 15) is 4.79 Å². The maximum absolute atomic E-state index is 12.6. The highest BCUT2D eigenvalue weighted by Crippen LogP contribution is 2.21. The molecule has 0 bridgehead atoms. The molecule has 1 aliphatic heterocycles. The van der Waals surface area contributed by atoms with E-state index in [0.29, 0.717) is 11.8 Å². The molecule has 3 nitrogen and oxygen atoms in total. The fourth-order valence-corrected chi connectivity index (χ4v) is 3.47. The molecule has 1 saturated heterocycles. The molecule has 2 atom stereocenters. The number of hydrogen-bond donors (Lipinski definition) is 1. The number of hydrogen-bond acceptors (Lipinski definition) is 3. The standard InChI is InChI=1S/C17H34N2OS/c1-5-6-10-15-17(20)19(11-8-7-9-12-21-4)16(18-15)13-14(2)3/h14-16,18H,5-13H2,1-4H3. The summed E-state index contributed by atoms with van der Waals surface area (Å²) in [5, 5.41) is 3.58. The van der Waals surface area contributed by atoms with Gasteiger partial charge in [-0.3, -0.25) is 10.1 Å². The van der Waals surface area contributed by atoms with Gasteiger partial charge in [-0.25, -0.2) is 0 Å². The van der Waals surface area contributed by atoms with Gasteiger partial charge < -0.3 is 4.90 Å². The Labute approximate surface area is 135 Å². The van der Waals surface area contributed by atoms with Crippen molar-refractivity contribution in [3.63, 3.8) is 0 Å². The van der Waals surface area contributed by atoms with Crippen LogP contribution in [0.5, 0.6) is 0 Å². The largest absolute Gasteiger partial charge is 0.326 e. The normalized spacial score (nSPS) is 22.5. The molecule has 1 heterocycles. The second kappa shape index (κ2) is 10.5. The van der Waals surface area contributed by atoms with E-state index < -0.39 is 0 Å². The Bertz CT molecular complexity index is 297. The molecular formula is C17H34N2OS. The van der Waals surface area contributed by atoms with Crippen LogP contribution in [-0.4, -0.2) is 41.6 Å². The monoisotopic (exact) mass is 314 g/mol. The highest BCUT2D eigenvalue weighted by Gasteiger charge is 2.37. The number of amides is 1. The van der Waals surface area contributed by atoms with Gasteiger partial charge in [-0.05, 0) is 43.6 Å². The molecule has 4 heteroatoms. The Morgan fingerprint density at radius 3 is 2.62 bits per heavy atom. The van der Waals surface area contributed by atoms with Crippen molar-refractivity contribution in [2.24, 2.45) is 5.92 Å². The van der Waals surface area contributed by atoms with Crippen LogP contribution in [0.15, 0.2) is 0 Å². The van der Waals surface area contributed by atoms with E-state index in [4.69, 9.17) is 0 Å². The number of thioether (sulfide) groups is 1. The average Bonchev–Trinajstić information content (AvgIpc) is 2.72. The van der Waals surface area contributed by atoms with E-state index in [0.717, 1.165) is 38.6 Å². The Balaban J connectivity index is 2.47. The molecule has 0 spiro atoms. The summed E-state index contributed by atoms with van der Waals surface area (Å²) in [7, 11) is 0. The summed E-state index contributed by atoms with van der Waals surface area (Å²) < 4.78 is 0. The Kier molecular flexibility index (Phi) is 9.41. The van der Waals surface area contributed by atoms with E-state index in [1.54, 1.807) is 0 Å². The van der Waals surface area contributed by atoms with Crippen LogP contribution in [-0.2, 0) is 4.79 Å². The molecule has 1 rings (SSSR count). The van der Waals surface area contributed by atoms with Crippen LogP contribution < -0.4 is 5.32 Å². The molecule has 0 radical (unpaired) electrons. The molecule has 124 valence electrons. The maximum Gasteiger partial charge on any atom is 0.241 e. The van der Waals surface area contributed by atoms with Crippen molar-refractivity contribution in [3.8, 4) is 0 Å². The van der Waals surface area contributed by atoms with Crippen molar-refractivity contribution in [3.05, 3.63) is 0 Å². The fourth-order valence-electron chi connectivity index (χ4n) is 2.98. The summed E-state index contributed by atoms with van der Waals surface area (Å²) in [6, 6.07) is 0.0693. The predicted molar refractivity (Wildman–Crippen MR) is 93.6 cm³/mol. The van der Waals surface area contributed by atoms with E-state index >= 15 is 0 Å². The summed E-state index contributed by atoms with van der Waals surface area (Å²) in [5.41, 5.74) is 0. The lowest BCUT2D eigenvalue weighted by atomic mass is 10.1. The van der Waals surface area contributed by atoms with Crippen molar-refractivity contribution in [2.45, 2.75) is 77.9 Å². The predicted octanol–water partition coefficient (Wildman–Crippen LogP) is 3.88. The van der Waals surface area contributed by atoms with Crippen LogP contribution in [0.2, 0.25) is 0 Å². The van der Waals surface area contributed by atoms with Gasteiger partial charge in [0.1, 0.15) is 0 Å². The zero-order valence-electron chi connectivity index (χ0n) is 14.4. The molecule has 1 fully saturated rings. The SMILES string of the molecule is CCCCC1NC(CC(C)C)N(CCCCCSC)C1=O. The first kappa shape index (κ1) is 18.8. The van der Waals surface area contributed by atoms with Crippen LogP contribution in [0.3, 0.4) is 0 Å². The number of carbonyl (C=O) groups is 1. The van der Waals surface area contributed by atoms with Gasteiger partial charge in [-0.2, -0.15) is 11.8 Å². The van der Waals surface area contributed by atoms with Crippen molar-refractivity contribution in [1.29, 1.82) is 0 Å². The Morgan fingerprint density at radius 2 is 2.00 bits per heavy atom. The van der Waals surface area contributed by atoms with Crippen molar-refractivity contribution in [2.75, 3.05) is 18.6 Å². The highest BCUT2D eigenvalue weighted by molar-refractivity contribution is 7.98. The van der Waals surface area contributed by atoms with E-state index in [-0.39, 0.29) is 12.2 Å². The molecule has 21 heavy (non-hydrogen) atoms. The van der Waals surface area contributed by atoms with Gasteiger partial charge in [-0.15, -0.1) is 0 Å². The zero-order valence-corrected chi connectivity index (χ0v) is 15.2. The second-order valence-electron chi connectivity index (χ2n) is 6.59. The Morgan fingerprint density at radius 1 is 1.24 bits per heavy atom. The van der Waals surface area contributed by atoms with Gasteiger partial charge in [-0.1, -0.05) is 40.0 Å². The molecule has 2 unspecified atom stereocenters. The minimum Gasteiger partial charge on any atom is -0.326 e. The molecule has 0 aromatic carbocycles. The summed E-state index contributed by atoms with van der Waals surface area (Å²) in [6.07, 6.45) is 10.4. The molecule has 1 N–H and O–H groups in total. The number of nitrogens with one attached hydrogen (secondary N) is 1. The first-order valence-corrected chi connectivity index (χ1v) is 10.0. The first-order valence-electron chi connectivity index (χ1n) is 8.65. The summed E-state index contributed by atoms with van der Waals surface area (Å²) >= 11 is 1.91. The lowest BCUT2D eigenvalue weighted by Gasteiger charge is -2.25. The van der Waals surface area contributed by atoms with Gasteiger partial charge in [0, 0.05) is 6.54 Å². The van der Waals surface area contributed by atoms with Crippen LogP contribution in [0, 0.1) is 5.92 Å². The van der Waals surface area contributed by atoms with Gasteiger partial charge in [0.25, 0.3) is 0 Å². The summed E-state index contributed by atoms with van der Waals surface area (Å²) in [4.78, 5) is 14.7. The lowest BCUT2D eigenvalue weighted by Crippen LogP contribution is -2.39. The van der Waals surface area contributed by atoms with Crippen LogP contribution in [0.4, 0.5) is 0 Å². The van der Waals surface area contributed by atoms with Gasteiger partial charge >= 0.3 is 0 Å². The van der Waals surface area contributed by atoms with E-state index in [1.165, 1.54) is 18.6 Å². The van der Waals surface area contributed by atoms with Crippen LogP contribution in [0.25, 0.3) is 0 Å². The summed E-state index contributed by atoms with van der Waals surface area (Å²) in [5.74, 6) is 2.21. The van der Waals surface area contributed by atoms with E-state index in [2.05, 4.69) is 37.2 Å². The van der Waals surface area contributed by atoms with Gasteiger partial charge in [0.05, 0.1) is 12.2 Å². The summed E-state index contributed by atoms with van der Waals surface area (Å²) in [6.45, 7) is 7.60. The Hall–Kier alpha value is -0.220. The average molecular weight is 315 g/mol. The number of rotatable bonds is 11. The van der Waals surface area contributed by atoms with Gasteiger partial charge in [0.2, 0.25) is 5.91 Å². The van der Waals surface area contributed by atoms with Crippen molar-refractivity contribution >= 4 is 17.7 Å². The second-order valence-corrected chi connectivity index (χ2v) is 7.58. The zero-order chi connectivity index (χ0) is 15.7. The number of unbranched alkanes of at least 4 members (excludes halogenated alkanes) is 3. The highest BCUT2D eigenvalue weighted by atomic mass is 32.2. The third kappa shape index (κ3) is 6.60. The first-order chi connectivity index (χ1) is 10.1. The molecule has 0 aromatic heterocycles. The van der Waals surface area contributed by atoms with Crippen LogP contribution >= 0.6 is 11.8 Å². The molecule has 0 aliphatic carbocycles. The fraction of sp³-hybridized carbons (Fsp3) is 0.941. The number of nitrogens with zero attached hydrogens (tertiary/aromatic N) is 1. The van der Waals surface area contributed by atoms with Crippen LogP contribution in [0.1, 0.15) is 65.7 Å². The quantitative estimate of drug-likeness (QED) is 0.587. The van der Waals surface area contributed by atoms with Crippen molar-refractivity contribution in [1.82, 2.24) is 10.2 Å². The minimum absolute atomic E-state index is 0.0693. The molecule has 1 aliphatic rings. The number of carbonyl (C=O) groups excluding carboxylic acids is 1. The van der Waals surface area contributed by atoms with Crippen molar-refractivity contribution < 1.29 is 4.79 Å².